The van der Waals surface area contributed by atoms with Gasteiger partial charge in [-0.1, -0.05) is 65.7 Å². The Balaban J connectivity index is 2.49. The number of allylic oxidation sites excluding steroid dienone is 5. The van der Waals surface area contributed by atoms with Crippen LogP contribution >= 0.6 is 0 Å². The summed E-state index contributed by atoms with van der Waals surface area (Å²) in [4.78, 5) is 10.8. The van der Waals surface area contributed by atoms with E-state index in [-0.39, 0.29) is 10.8 Å². The number of hydrogen-bond acceptors (Lipinski definition) is 2. The fourth-order valence-electron chi connectivity index (χ4n) is 4.23. The summed E-state index contributed by atoms with van der Waals surface area (Å²) in [6.45, 7) is 16.2. The summed E-state index contributed by atoms with van der Waals surface area (Å²) in [7, 11) is 0. The van der Waals surface area contributed by atoms with Crippen LogP contribution < -0.4 is 4.74 Å². The van der Waals surface area contributed by atoms with Crippen molar-refractivity contribution in [1.82, 2.24) is 0 Å². The van der Waals surface area contributed by atoms with Crippen LogP contribution in [-0.4, -0.2) is 17.7 Å². The molecule has 1 aromatic carbocycles. The van der Waals surface area contributed by atoms with Crippen molar-refractivity contribution in [3.05, 3.63) is 58.7 Å². The number of carboxylic acid groups (broad SMARTS) is 1. The van der Waals surface area contributed by atoms with Gasteiger partial charge in [0, 0.05) is 11.6 Å². The summed E-state index contributed by atoms with van der Waals surface area (Å²) >= 11 is 0. The largest absolute Gasteiger partial charge is 0.493 e. The molecular formula is C28H40O3. The van der Waals surface area contributed by atoms with Crippen molar-refractivity contribution in [3.63, 3.8) is 0 Å². The van der Waals surface area contributed by atoms with Crippen LogP contribution in [0.2, 0.25) is 0 Å². The molecule has 2 rings (SSSR count). The molecule has 1 aromatic rings. The topological polar surface area (TPSA) is 46.5 Å². The van der Waals surface area contributed by atoms with E-state index < -0.39 is 5.97 Å². The minimum Gasteiger partial charge on any atom is -0.493 e. The molecule has 0 atom stereocenters. The zero-order valence-electron chi connectivity index (χ0n) is 20.5. The summed E-state index contributed by atoms with van der Waals surface area (Å²) in [6, 6.07) is 4.62. The molecule has 0 unspecified atom stereocenters. The summed E-state index contributed by atoms with van der Waals surface area (Å²) in [6.07, 6.45) is 12.7. The van der Waals surface area contributed by atoms with Crippen molar-refractivity contribution in [1.29, 1.82) is 0 Å². The molecule has 31 heavy (non-hydrogen) atoms. The second kappa shape index (κ2) is 10.3. The summed E-state index contributed by atoms with van der Waals surface area (Å²) in [5.41, 5.74) is 6.05. The number of ether oxygens (including phenoxy) is 1. The number of benzene rings is 1. The molecule has 1 N–H and O–H groups in total. The van der Waals surface area contributed by atoms with Gasteiger partial charge >= 0.3 is 5.97 Å². The highest BCUT2D eigenvalue weighted by Crippen LogP contribution is 2.48. The fourth-order valence-corrected chi connectivity index (χ4v) is 4.23. The Morgan fingerprint density at radius 1 is 1.06 bits per heavy atom. The second-order valence-corrected chi connectivity index (χ2v) is 10.2. The molecule has 3 heteroatoms. The van der Waals surface area contributed by atoms with Gasteiger partial charge in [-0.25, -0.2) is 4.79 Å². The lowest BCUT2D eigenvalue weighted by Crippen LogP contribution is -2.34. The van der Waals surface area contributed by atoms with E-state index in [1.165, 1.54) is 42.9 Å². The number of rotatable bonds is 9. The van der Waals surface area contributed by atoms with Gasteiger partial charge in [-0.2, -0.15) is 0 Å². The third kappa shape index (κ3) is 6.59. The van der Waals surface area contributed by atoms with Crippen molar-refractivity contribution in [2.24, 2.45) is 0 Å². The van der Waals surface area contributed by atoms with Gasteiger partial charge in [-0.05, 0) is 78.3 Å². The van der Waals surface area contributed by atoms with Gasteiger partial charge in [0.1, 0.15) is 5.75 Å². The van der Waals surface area contributed by atoms with Crippen molar-refractivity contribution < 1.29 is 14.6 Å². The first-order chi connectivity index (χ1) is 14.5. The van der Waals surface area contributed by atoms with Crippen molar-refractivity contribution in [3.8, 4) is 5.75 Å². The molecule has 1 aliphatic rings. The number of unbranched alkanes of at least 4 members (excludes halogenated alkanes) is 2. The Hall–Kier alpha value is -2.29. The normalized spacial score (nSPS) is 18.2. The third-order valence-electron chi connectivity index (χ3n) is 6.44. The van der Waals surface area contributed by atoms with Crippen LogP contribution in [0.15, 0.2) is 42.0 Å². The smallest absolute Gasteiger partial charge is 0.328 e. The first kappa shape index (κ1) is 25.0. The standard InChI is InChI=1S/C28H40O3/c1-8-9-10-16-31-25-19-24-23(27(4,5)14-15-28(24,6)7)18-22(25)21(3)13-11-12-20(2)17-26(29)30/h11-13,17-19H,8-10,14-16H2,1-7H3,(H,29,30). The van der Waals surface area contributed by atoms with Gasteiger partial charge in [0.2, 0.25) is 0 Å². The van der Waals surface area contributed by atoms with Crippen LogP contribution in [-0.2, 0) is 15.6 Å². The molecule has 0 radical (unpaired) electrons. The number of fused-ring (bicyclic) bond motifs is 1. The maximum absolute atomic E-state index is 10.8. The minimum atomic E-state index is -0.926. The summed E-state index contributed by atoms with van der Waals surface area (Å²) in [5, 5.41) is 8.89. The number of carboxylic acids is 1. The molecule has 1 aliphatic carbocycles. The Morgan fingerprint density at radius 3 is 2.26 bits per heavy atom. The lowest BCUT2D eigenvalue weighted by atomic mass is 9.62. The quantitative estimate of drug-likeness (QED) is 0.252. The predicted molar refractivity (Wildman–Crippen MR) is 131 cm³/mol. The van der Waals surface area contributed by atoms with E-state index in [0.29, 0.717) is 5.57 Å². The van der Waals surface area contributed by atoms with E-state index in [1.807, 2.05) is 18.2 Å². The van der Waals surface area contributed by atoms with E-state index in [9.17, 15) is 4.79 Å². The zero-order valence-corrected chi connectivity index (χ0v) is 20.5. The van der Waals surface area contributed by atoms with Gasteiger partial charge in [0.15, 0.2) is 0 Å². The van der Waals surface area contributed by atoms with Crippen molar-refractivity contribution in [2.45, 2.75) is 91.4 Å². The van der Waals surface area contributed by atoms with Gasteiger partial charge in [-0.3, -0.25) is 0 Å². The number of carbonyl (C=O) groups is 1. The molecule has 0 aromatic heterocycles. The monoisotopic (exact) mass is 424 g/mol. The maximum Gasteiger partial charge on any atom is 0.328 e. The third-order valence-corrected chi connectivity index (χ3v) is 6.44. The highest BCUT2D eigenvalue weighted by atomic mass is 16.5. The molecule has 0 spiro atoms. The van der Waals surface area contributed by atoms with E-state index in [2.05, 4.69) is 53.7 Å². The Morgan fingerprint density at radius 2 is 1.68 bits per heavy atom. The molecule has 0 fully saturated rings. The summed E-state index contributed by atoms with van der Waals surface area (Å²) in [5.74, 6) is 0.0331. The average molecular weight is 425 g/mol. The first-order valence-electron chi connectivity index (χ1n) is 11.6. The van der Waals surface area contributed by atoms with Gasteiger partial charge < -0.3 is 9.84 Å². The molecule has 0 saturated carbocycles. The lowest BCUT2D eigenvalue weighted by Gasteiger charge is -2.42. The van der Waals surface area contributed by atoms with E-state index in [4.69, 9.17) is 9.84 Å². The highest BCUT2D eigenvalue weighted by molar-refractivity contribution is 5.81. The summed E-state index contributed by atoms with van der Waals surface area (Å²) < 4.78 is 6.31. The highest BCUT2D eigenvalue weighted by Gasteiger charge is 2.38. The van der Waals surface area contributed by atoms with Crippen molar-refractivity contribution in [2.75, 3.05) is 6.61 Å². The average Bonchev–Trinajstić information content (AvgIpc) is 2.68. The van der Waals surface area contributed by atoms with E-state index in [0.717, 1.165) is 29.9 Å². The zero-order chi connectivity index (χ0) is 23.2. The SMILES string of the molecule is CCCCCOc1cc2c(cc1C(C)=CC=CC(C)=CC(=O)O)C(C)(C)CCC2(C)C. The molecule has 3 nitrogen and oxygen atoms in total. The first-order valence-corrected chi connectivity index (χ1v) is 11.6. The van der Waals surface area contributed by atoms with Crippen LogP contribution in [0.5, 0.6) is 5.75 Å². The predicted octanol–water partition coefficient (Wildman–Crippen LogP) is 7.60. The molecular weight excluding hydrogens is 384 g/mol. The molecule has 170 valence electrons. The van der Waals surface area contributed by atoms with Crippen LogP contribution in [0.3, 0.4) is 0 Å². The molecule has 0 amide bonds. The Bertz CT molecular complexity index is 882. The van der Waals surface area contributed by atoms with Gasteiger partial charge in [0.25, 0.3) is 0 Å². The molecule has 0 heterocycles. The van der Waals surface area contributed by atoms with Crippen LogP contribution in [0.4, 0.5) is 0 Å². The van der Waals surface area contributed by atoms with Crippen LogP contribution in [0.25, 0.3) is 5.57 Å². The number of hydrogen-bond donors (Lipinski definition) is 1. The Labute approximate surface area is 188 Å². The Kier molecular flexibility index (Phi) is 8.34. The molecule has 0 saturated heterocycles. The fraction of sp³-hybridized carbons (Fsp3) is 0.536. The van der Waals surface area contributed by atoms with Crippen molar-refractivity contribution >= 4 is 11.5 Å². The second-order valence-electron chi connectivity index (χ2n) is 10.2. The van der Waals surface area contributed by atoms with E-state index in [1.54, 1.807) is 6.92 Å². The van der Waals surface area contributed by atoms with Gasteiger partial charge in [-0.15, -0.1) is 0 Å². The molecule has 0 aliphatic heterocycles. The van der Waals surface area contributed by atoms with Crippen LogP contribution in [0, 0.1) is 0 Å². The van der Waals surface area contributed by atoms with Crippen LogP contribution in [0.1, 0.15) is 97.3 Å². The number of aliphatic carboxylic acids is 1. The minimum absolute atomic E-state index is 0.136. The van der Waals surface area contributed by atoms with E-state index >= 15 is 0 Å². The maximum atomic E-state index is 10.8. The lowest BCUT2D eigenvalue weighted by molar-refractivity contribution is -0.131. The van der Waals surface area contributed by atoms with Gasteiger partial charge in [0.05, 0.1) is 6.61 Å². The molecule has 0 bridgehead atoms.